The highest BCUT2D eigenvalue weighted by Crippen LogP contribution is 2.26. The fourth-order valence-electron chi connectivity index (χ4n) is 1.42. The average Bonchev–Trinajstić information content (AvgIpc) is 2.36. The lowest BCUT2D eigenvalue weighted by molar-refractivity contribution is -0.118. The largest absolute Gasteiger partial charge is 0.465 e. The Labute approximate surface area is 121 Å². The maximum Gasteiger partial charge on any atom is 0.338 e. The lowest BCUT2D eigenvalue weighted by atomic mass is 10.2. The first-order valence-corrected chi connectivity index (χ1v) is 6.63. The highest BCUT2D eigenvalue weighted by Gasteiger charge is 2.30. The van der Waals surface area contributed by atoms with Gasteiger partial charge in [-0.2, -0.15) is 0 Å². The van der Waals surface area contributed by atoms with Crippen LogP contribution in [-0.2, 0) is 14.3 Å². The van der Waals surface area contributed by atoms with E-state index in [1.54, 1.807) is 13.8 Å². The van der Waals surface area contributed by atoms with E-state index in [-0.39, 0.29) is 22.4 Å². The van der Waals surface area contributed by atoms with E-state index in [0.29, 0.717) is 0 Å². The molecule has 1 rings (SSSR count). The van der Waals surface area contributed by atoms with E-state index in [9.17, 15) is 14.4 Å². The minimum atomic E-state index is -0.922. The first kappa shape index (κ1) is 16.2. The van der Waals surface area contributed by atoms with Gasteiger partial charge in [0.2, 0.25) is 5.91 Å². The maximum atomic E-state index is 12.1. The third-order valence-electron chi connectivity index (χ3n) is 2.37. The van der Waals surface area contributed by atoms with Crippen LogP contribution in [0.4, 0.5) is 5.82 Å². The van der Waals surface area contributed by atoms with Crippen LogP contribution in [-0.4, -0.2) is 33.8 Å². The SMILES string of the molecule is COC(=O)c1ccnc(NC(=O)C(C)(C)SC(C)=O)c1. The summed E-state index contributed by atoms with van der Waals surface area (Å²) in [5.41, 5.74) is 0.287. The van der Waals surface area contributed by atoms with Crippen LogP contribution in [0, 0.1) is 0 Å². The van der Waals surface area contributed by atoms with Gasteiger partial charge >= 0.3 is 5.97 Å². The number of carbonyl (C=O) groups is 3. The minimum absolute atomic E-state index is 0.151. The van der Waals surface area contributed by atoms with Gasteiger partial charge in [-0.15, -0.1) is 0 Å². The van der Waals surface area contributed by atoms with Crippen LogP contribution >= 0.6 is 11.8 Å². The first-order chi connectivity index (χ1) is 9.26. The summed E-state index contributed by atoms with van der Waals surface area (Å²) in [5, 5.41) is 2.42. The third-order valence-corrected chi connectivity index (χ3v) is 3.35. The molecule has 0 atom stereocenters. The van der Waals surface area contributed by atoms with Crippen molar-refractivity contribution in [1.82, 2.24) is 4.98 Å². The minimum Gasteiger partial charge on any atom is -0.465 e. The van der Waals surface area contributed by atoms with Crippen LogP contribution in [0.15, 0.2) is 18.3 Å². The molecular formula is C13H16N2O4S. The summed E-state index contributed by atoms with van der Waals surface area (Å²) in [7, 11) is 1.27. The van der Waals surface area contributed by atoms with E-state index in [0.717, 1.165) is 11.8 Å². The number of amides is 1. The number of carbonyl (C=O) groups excluding carboxylic acids is 3. The molecule has 0 spiro atoms. The number of nitrogens with one attached hydrogen (secondary N) is 1. The summed E-state index contributed by atoms with van der Waals surface area (Å²) in [6.07, 6.45) is 1.40. The van der Waals surface area contributed by atoms with Gasteiger partial charge in [0, 0.05) is 13.1 Å². The predicted octanol–water partition coefficient (Wildman–Crippen LogP) is 1.86. The molecule has 0 unspecified atom stereocenters. The quantitative estimate of drug-likeness (QED) is 0.854. The van der Waals surface area contributed by atoms with Gasteiger partial charge in [-0.25, -0.2) is 9.78 Å². The summed E-state index contributed by atoms with van der Waals surface area (Å²) in [6.45, 7) is 4.67. The molecule has 0 fully saturated rings. The van der Waals surface area contributed by atoms with E-state index in [4.69, 9.17) is 0 Å². The van der Waals surface area contributed by atoms with Gasteiger partial charge in [-0.1, -0.05) is 11.8 Å². The fraction of sp³-hybridized carbons (Fsp3) is 0.385. The lowest BCUT2D eigenvalue weighted by Crippen LogP contribution is -2.35. The number of thioether (sulfide) groups is 1. The summed E-state index contributed by atoms with van der Waals surface area (Å²) >= 11 is 0.929. The van der Waals surface area contributed by atoms with E-state index in [1.807, 2.05) is 0 Å². The van der Waals surface area contributed by atoms with Crippen molar-refractivity contribution in [2.24, 2.45) is 0 Å². The van der Waals surface area contributed by atoms with Crippen molar-refractivity contribution >= 4 is 34.6 Å². The van der Waals surface area contributed by atoms with Gasteiger partial charge in [-0.05, 0) is 26.0 Å². The average molecular weight is 296 g/mol. The van der Waals surface area contributed by atoms with Gasteiger partial charge in [0.1, 0.15) is 5.82 Å². The summed E-state index contributed by atoms with van der Waals surface area (Å²) in [6, 6.07) is 2.90. The van der Waals surface area contributed by atoms with Gasteiger partial charge in [0.15, 0.2) is 5.12 Å². The van der Waals surface area contributed by atoms with Crippen molar-refractivity contribution in [2.45, 2.75) is 25.5 Å². The van der Waals surface area contributed by atoms with Gasteiger partial charge in [-0.3, -0.25) is 9.59 Å². The van der Waals surface area contributed by atoms with E-state index in [1.165, 1.54) is 32.4 Å². The van der Waals surface area contributed by atoms with Crippen LogP contribution < -0.4 is 5.32 Å². The zero-order valence-electron chi connectivity index (χ0n) is 11.7. The van der Waals surface area contributed by atoms with Crippen molar-refractivity contribution in [1.29, 1.82) is 0 Å². The lowest BCUT2D eigenvalue weighted by Gasteiger charge is -2.21. The molecule has 0 aromatic carbocycles. The Bertz CT molecular complexity index is 543. The highest BCUT2D eigenvalue weighted by atomic mass is 32.2. The zero-order valence-corrected chi connectivity index (χ0v) is 12.5. The molecule has 6 nitrogen and oxygen atoms in total. The van der Waals surface area contributed by atoms with Gasteiger partial charge in [0.25, 0.3) is 0 Å². The summed E-state index contributed by atoms with van der Waals surface area (Å²) in [4.78, 5) is 38.5. The summed E-state index contributed by atoms with van der Waals surface area (Å²) < 4.78 is 3.67. The molecule has 1 aromatic heterocycles. The predicted molar refractivity (Wildman–Crippen MR) is 76.6 cm³/mol. The molecule has 0 aliphatic rings. The van der Waals surface area contributed by atoms with Crippen LogP contribution in [0.3, 0.4) is 0 Å². The van der Waals surface area contributed by atoms with Crippen LogP contribution in [0.25, 0.3) is 0 Å². The Morgan fingerprint density at radius 3 is 2.55 bits per heavy atom. The number of nitrogens with zero attached hydrogens (tertiary/aromatic N) is 1. The molecule has 0 radical (unpaired) electrons. The number of anilines is 1. The number of rotatable bonds is 4. The topological polar surface area (TPSA) is 85.4 Å². The van der Waals surface area contributed by atoms with E-state index in [2.05, 4.69) is 15.0 Å². The standard InChI is InChI=1S/C13H16N2O4S/c1-8(16)20-13(2,3)12(18)15-10-7-9(5-6-14-10)11(17)19-4/h5-7H,1-4H3,(H,14,15,18). The van der Waals surface area contributed by atoms with Crippen molar-refractivity contribution in [2.75, 3.05) is 12.4 Å². The van der Waals surface area contributed by atoms with Crippen molar-refractivity contribution in [3.05, 3.63) is 23.9 Å². The number of esters is 1. The molecule has 0 bridgehead atoms. The Morgan fingerprint density at radius 1 is 1.35 bits per heavy atom. The molecule has 1 heterocycles. The summed E-state index contributed by atoms with van der Waals surface area (Å²) in [5.74, 6) is -0.650. The monoisotopic (exact) mass is 296 g/mol. The van der Waals surface area contributed by atoms with Crippen molar-refractivity contribution in [3.63, 3.8) is 0 Å². The Balaban J connectivity index is 2.85. The molecule has 0 aliphatic carbocycles. The fourth-order valence-corrected chi connectivity index (χ4v) is 2.28. The van der Waals surface area contributed by atoms with Crippen molar-refractivity contribution in [3.8, 4) is 0 Å². The number of pyridine rings is 1. The van der Waals surface area contributed by atoms with Crippen LogP contribution in [0.1, 0.15) is 31.1 Å². The number of ether oxygens (including phenoxy) is 1. The number of methoxy groups -OCH3 is 1. The molecular weight excluding hydrogens is 280 g/mol. The Hall–Kier alpha value is -1.89. The number of aromatic nitrogens is 1. The van der Waals surface area contributed by atoms with Gasteiger partial charge in [0.05, 0.1) is 17.4 Å². The normalized spacial score (nSPS) is 10.8. The van der Waals surface area contributed by atoms with Crippen LogP contribution in [0.5, 0.6) is 0 Å². The van der Waals surface area contributed by atoms with Crippen LogP contribution in [0.2, 0.25) is 0 Å². The zero-order chi connectivity index (χ0) is 15.3. The maximum absolute atomic E-state index is 12.1. The first-order valence-electron chi connectivity index (χ1n) is 5.81. The third kappa shape index (κ3) is 4.34. The van der Waals surface area contributed by atoms with Gasteiger partial charge < -0.3 is 10.1 Å². The second-order valence-corrected chi connectivity index (χ2v) is 6.28. The second kappa shape index (κ2) is 6.51. The Morgan fingerprint density at radius 2 is 2.00 bits per heavy atom. The second-order valence-electron chi connectivity index (χ2n) is 4.48. The molecule has 0 saturated carbocycles. The smallest absolute Gasteiger partial charge is 0.338 e. The number of hydrogen-bond donors (Lipinski definition) is 1. The molecule has 1 aromatic rings. The molecule has 1 N–H and O–H groups in total. The number of hydrogen-bond acceptors (Lipinski definition) is 6. The molecule has 1 amide bonds. The molecule has 7 heteroatoms. The highest BCUT2D eigenvalue weighted by molar-refractivity contribution is 8.15. The molecule has 0 saturated heterocycles. The van der Waals surface area contributed by atoms with E-state index < -0.39 is 10.7 Å². The Kier molecular flexibility index (Phi) is 5.26. The van der Waals surface area contributed by atoms with Crippen molar-refractivity contribution < 1.29 is 19.1 Å². The van der Waals surface area contributed by atoms with E-state index >= 15 is 0 Å². The molecule has 20 heavy (non-hydrogen) atoms. The molecule has 108 valence electrons. The molecule has 0 aliphatic heterocycles.